The summed E-state index contributed by atoms with van der Waals surface area (Å²) in [6.07, 6.45) is 4.04. The average Bonchev–Trinajstić information content (AvgIpc) is 2.43. The summed E-state index contributed by atoms with van der Waals surface area (Å²) >= 11 is 17.2. The number of pyridine rings is 2. The van der Waals surface area contributed by atoms with Crippen LogP contribution in [0.4, 0.5) is 5.82 Å². The summed E-state index contributed by atoms with van der Waals surface area (Å²) in [4.78, 5) is 8.30. The zero-order chi connectivity index (χ0) is 14.4. The van der Waals surface area contributed by atoms with Gasteiger partial charge in [-0.25, -0.2) is 4.98 Å². The largest absolute Gasteiger partial charge is 0.362 e. The van der Waals surface area contributed by atoms with Gasteiger partial charge in [-0.15, -0.1) is 0 Å². The molecule has 2 aromatic rings. The Morgan fingerprint density at radius 2 is 1.80 bits per heavy atom. The van der Waals surface area contributed by atoms with Gasteiger partial charge in [0.25, 0.3) is 0 Å². The molecule has 104 valence electrons. The van der Waals surface area contributed by atoms with E-state index in [0.717, 1.165) is 5.69 Å². The number of hydrogen-bond donors (Lipinski definition) is 2. The monoisotopic (exact) mass is 326 g/mol. The van der Waals surface area contributed by atoms with Crippen LogP contribution in [0.1, 0.15) is 5.69 Å². The van der Waals surface area contributed by atoms with Gasteiger partial charge >= 0.3 is 0 Å². The lowest BCUT2D eigenvalue weighted by atomic mass is 10.3. The van der Waals surface area contributed by atoms with E-state index < -0.39 is 0 Å². The van der Waals surface area contributed by atoms with Gasteiger partial charge in [0, 0.05) is 25.4 Å². The molecule has 0 spiro atoms. The molecule has 2 N–H and O–H groups in total. The minimum Gasteiger partial charge on any atom is -0.362 e. The Morgan fingerprint density at radius 1 is 1.10 bits per heavy atom. The highest BCUT2D eigenvalue weighted by Crippen LogP contribution is 2.17. The predicted octanol–water partition coefficient (Wildman–Crippen LogP) is 3.31. The summed E-state index contributed by atoms with van der Waals surface area (Å²) in [5.41, 5.74) is 0.834. The standard InChI is InChI=1S/C13H12Cl2N4S/c14-9-3-1-6-16-11(9)5-8-18-13(20)19-12-10(15)4-2-7-17-12/h1-4,6-7H,5,8H2,(H2,17,18,19,20). The Kier molecular flexibility index (Phi) is 5.52. The van der Waals surface area contributed by atoms with Crippen molar-refractivity contribution in [1.82, 2.24) is 15.3 Å². The Bertz CT molecular complexity index is 606. The number of thiocarbonyl (C=S) groups is 1. The molecule has 0 aliphatic carbocycles. The lowest BCUT2D eigenvalue weighted by molar-refractivity contribution is 0.847. The average molecular weight is 327 g/mol. The molecule has 0 atom stereocenters. The summed E-state index contributed by atoms with van der Waals surface area (Å²) in [6.45, 7) is 0.618. The quantitative estimate of drug-likeness (QED) is 0.844. The lowest BCUT2D eigenvalue weighted by Crippen LogP contribution is -2.30. The molecule has 2 rings (SSSR count). The van der Waals surface area contributed by atoms with Crippen LogP contribution in [0.5, 0.6) is 0 Å². The molecule has 0 aromatic carbocycles. The Morgan fingerprint density at radius 3 is 2.50 bits per heavy atom. The minimum atomic E-state index is 0.456. The first-order valence-electron chi connectivity index (χ1n) is 5.91. The molecule has 0 amide bonds. The van der Waals surface area contributed by atoms with E-state index in [1.807, 2.05) is 6.07 Å². The fourth-order valence-electron chi connectivity index (χ4n) is 1.53. The highest BCUT2D eigenvalue weighted by molar-refractivity contribution is 7.80. The van der Waals surface area contributed by atoms with Gasteiger partial charge in [-0.2, -0.15) is 0 Å². The Labute approximate surface area is 132 Å². The van der Waals surface area contributed by atoms with Crippen LogP contribution in [0.3, 0.4) is 0 Å². The minimum absolute atomic E-state index is 0.456. The smallest absolute Gasteiger partial charge is 0.171 e. The highest BCUT2D eigenvalue weighted by atomic mass is 35.5. The number of rotatable bonds is 4. The van der Waals surface area contributed by atoms with E-state index in [1.165, 1.54) is 0 Å². The van der Waals surface area contributed by atoms with Crippen molar-refractivity contribution >= 4 is 46.4 Å². The van der Waals surface area contributed by atoms with Crippen LogP contribution in [-0.4, -0.2) is 21.6 Å². The number of anilines is 1. The van der Waals surface area contributed by atoms with Gasteiger partial charge in [-0.3, -0.25) is 4.98 Å². The fraction of sp³-hybridized carbons (Fsp3) is 0.154. The van der Waals surface area contributed by atoms with Gasteiger partial charge in [0.2, 0.25) is 0 Å². The van der Waals surface area contributed by atoms with E-state index >= 15 is 0 Å². The van der Waals surface area contributed by atoms with Gasteiger partial charge in [0.05, 0.1) is 15.7 Å². The number of nitrogens with one attached hydrogen (secondary N) is 2. The van der Waals surface area contributed by atoms with Gasteiger partial charge < -0.3 is 10.6 Å². The molecular weight excluding hydrogens is 315 g/mol. The molecule has 0 aliphatic heterocycles. The van der Waals surface area contributed by atoms with E-state index in [-0.39, 0.29) is 0 Å². The van der Waals surface area contributed by atoms with Gasteiger partial charge in [-0.05, 0) is 36.5 Å². The Hall–Kier alpha value is -1.43. The molecule has 0 saturated heterocycles. The van der Waals surface area contributed by atoms with Crippen LogP contribution in [0.2, 0.25) is 10.0 Å². The summed E-state index contributed by atoms with van der Waals surface area (Å²) in [5, 5.41) is 7.62. The van der Waals surface area contributed by atoms with E-state index in [9.17, 15) is 0 Å². The van der Waals surface area contributed by atoms with Crippen LogP contribution >= 0.6 is 35.4 Å². The van der Waals surface area contributed by atoms with Crippen LogP contribution < -0.4 is 10.6 Å². The van der Waals surface area contributed by atoms with Crippen molar-refractivity contribution in [2.24, 2.45) is 0 Å². The summed E-state index contributed by atoms with van der Waals surface area (Å²) < 4.78 is 0. The Balaban J connectivity index is 1.82. The molecule has 7 heteroatoms. The SMILES string of the molecule is S=C(NCCc1ncccc1Cl)Nc1ncccc1Cl. The van der Waals surface area contributed by atoms with E-state index in [1.54, 1.807) is 30.6 Å². The maximum Gasteiger partial charge on any atom is 0.171 e. The number of hydrogen-bond acceptors (Lipinski definition) is 3. The topological polar surface area (TPSA) is 49.8 Å². The van der Waals surface area contributed by atoms with Crippen molar-refractivity contribution in [2.75, 3.05) is 11.9 Å². The van der Waals surface area contributed by atoms with E-state index in [2.05, 4.69) is 20.6 Å². The van der Waals surface area contributed by atoms with Gasteiger partial charge in [0.1, 0.15) is 0 Å². The molecule has 0 bridgehead atoms. The molecule has 0 unspecified atom stereocenters. The second-order valence-corrected chi connectivity index (χ2v) is 5.12. The van der Waals surface area contributed by atoms with E-state index in [4.69, 9.17) is 35.4 Å². The normalized spacial score (nSPS) is 10.1. The van der Waals surface area contributed by atoms with Gasteiger partial charge in [-0.1, -0.05) is 23.2 Å². The molecule has 0 radical (unpaired) electrons. The first-order valence-corrected chi connectivity index (χ1v) is 7.08. The van der Waals surface area contributed by atoms with Crippen molar-refractivity contribution in [3.8, 4) is 0 Å². The van der Waals surface area contributed by atoms with Crippen molar-refractivity contribution in [2.45, 2.75) is 6.42 Å². The number of halogens is 2. The molecule has 4 nitrogen and oxygen atoms in total. The summed E-state index contributed by atoms with van der Waals surface area (Å²) in [7, 11) is 0. The van der Waals surface area contributed by atoms with Crippen LogP contribution in [-0.2, 0) is 6.42 Å². The molecule has 20 heavy (non-hydrogen) atoms. The predicted molar refractivity (Wildman–Crippen MR) is 86.4 cm³/mol. The third-order valence-electron chi connectivity index (χ3n) is 2.47. The number of aromatic nitrogens is 2. The van der Waals surface area contributed by atoms with Gasteiger partial charge in [0.15, 0.2) is 10.9 Å². The first kappa shape index (κ1) is 15.0. The van der Waals surface area contributed by atoms with Crippen molar-refractivity contribution in [3.05, 3.63) is 52.4 Å². The maximum absolute atomic E-state index is 6.02. The van der Waals surface area contributed by atoms with Crippen molar-refractivity contribution in [1.29, 1.82) is 0 Å². The summed E-state index contributed by atoms with van der Waals surface area (Å²) in [6, 6.07) is 7.11. The first-order chi connectivity index (χ1) is 9.66. The molecule has 0 fully saturated rings. The second kappa shape index (κ2) is 7.38. The third kappa shape index (κ3) is 4.30. The van der Waals surface area contributed by atoms with Crippen molar-refractivity contribution < 1.29 is 0 Å². The molecule has 2 aromatic heterocycles. The van der Waals surface area contributed by atoms with E-state index in [0.29, 0.717) is 33.9 Å². The molecule has 2 heterocycles. The van der Waals surface area contributed by atoms with Crippen LogP contribution in [0.15, 0.2) is 36.7 Å². The van der Waals surface area contributed by atoms with Crippen LogP contribution in [0.25, 0.3) is 0 Å². The highest BCUT2D eigenvalue weighted by Gasteiger charge is 2.04. The fourth-order valence-corrected chi connectivity index (χ4v) is 2.11. The lowest BCUT2D eigenvalue weighted by Gasteiger charge is -2.10. The molecule has 0 saturated carbocycles. The van der Waals surface area contributed by atoms with Crippen LogP contribution in [0, 0.1) is 0 Å². The molecule has 0 aliphatic rings. The maximum atomic E-state index is 6.02. The zero-order valence-corrected chi connectivity index (χ0v) is 12.8. The molecular formula is C13H12Cl2N4S. The van der Waals surface area contributed by atoms with Crippen molar-refractivity contribution in [3.63, 3.8) is 0 Å². The second-order valence-electron chi connectivity index (χ2n) is 3.90. The zero-order valence-electron chi connectivity index (χ0n) is 10.4. The third-order valence-corrected chi connectivity index (χ3v) is 3.37. The summed E-state index contributed by atoms with van der Waals surface area (Å²) in [5.74, 6) is 0.530. The number of nitrogens with zero attached hydrogens (tertiary/aromatic N) is 2.